The van der Waals surface area contributed by atoms with Crippen molar-refractivity contribution in [1.29, 1.82) is 0 Å². The van der Waals surface area contributed by atoms with E-state index < -0.39 is 22.5 Å². The maximum Gasteiger partial charge on any atom is 0.243 e. The normalized spacial score (nSPS) is 11.3. The Morgan fingerprint density at radius 2 is 1.55 bits per heavy atom. The van der Waals surface area contributed by atoms with Gasteiger partial charge in [-0.05, 0) is 35.9 Å². The summed E-state index contributed by atoms with van der Waals surface area (Å²) in [5.41, 5.74) is 1.08. The smallest absolute Gasteiger partial charge is 0.243 e. The van der Waals surface area contributed by atoms with Crippen molar-refractivity contribution >= 4 is 44.8 Å². The van der Waals surface area contributed by atoms with E-state index in [-0.39, 0.29) is 17.2 Å². The lowest BCUT2D eigenvalue weighted by atomic mass is 10.2. The maximum absolute atomic E-state index is 13.5. The van der Waals surface area contributed by atoms with E-state index >= 15 is 0 Å². The van der Waals surface area contributed by atoms with E-state index in [1.807, 2.05) is 6.07 Å². The molecule has 0 radical (unpaired) electrons. The van der Waals surface area contributed by atoms with Gasteiger partial charge in [0, 0.05) is 28.3 Å². The first-order chi connectivity index (χ1) is 15.7. The number of carbonyl (C=O) groups is 1. The zero-order valence-corrected chi connectivity index (χ0v) is 20.2. The van der Waals surface area contributed by atoms with Crippen LogP contribution in [0.25, 0.3) is 0 Å². The molecule has 0 spiro atoms. The highest BCUT2D eigenvalue weighted by Gasteiger charge is 2.28. The zero-order valence-electron chi connectivity index (χ0n) is 17.9. The average molecular weight is 509 g/mol. The molecule has 3 aromatic rings. The summed E-state index contributed by atoms with van der Waals surface area (Å²) in [4.78, 5) is 12.8. The first kappa shape index (κ1) is 24.9. The third-order valence-corrected chi connectivity index (χ3v) is 6.88. The number of halogens is 2. The van der Waals surface area contributed by atoms with Gasteiger partial charge in [0.15, 0.2) is 11.5 Å². The fraction of sp³-hybridized carbons (Fsp3) is 0.174. The number of amides is 1. The zero-order chi connectivity index (χ0) is 24.0. The van der Waals surface area contributed by atoms with Gasteiger partial charge in [0.2, 0.25) is 15.9 Å². The Hall–Kier alpha value is -2.78. The van der Waals surface area contributed by atoms with Crippen LogP contribution in [-0.4, -0.2) is 39.4 Å². The number of sulfonamides is 1. The van der Waals surface area contributed by atoms with Crippen molar-refractivity contribution in [2.24, 2.45) is 0 Å². The summed E-state index contributed by atoms with van der Waals surface area (Å²) in [6.07, 6.45) is 0. The summed E-state index contributed by atoms with van der Waals surface area (Å²) in [5.74, 6) is 0.103. The second-order valence-corrected chi connectivity index (χ2v) is 9.79. The van der Waals surface area contributed by atoms with Crippen LogP contribution in [0.5, 0.6) is 11.5 Å². The lowest BCUT2D eigenvalue weighted by Crippen LogP contribution is -2.37. The first-order valence-corrected chi connectivity index (χ1v) is 11.9. The SMILES string of the molecule is COc1ccc(S(=O)(=O)N(CC(=O)Nc2cc(Cl)cc(Cl)c2)Cc2ccccc2)cc1OC. The monoisotopic (exact) mass is 508 g/mol. The average Bonchev–Trinajstić information content (AvgIpc) is 2.78. The molecule has 0 heterocycles. The summed E-state index contributed by atoms with van der Waals surface area (Å²) in [7, 11) is -1.20. The number of methoxy groups -OCH3 is 2. The van der Waals surface area contributed by atoms with Crippen molar-refractivity contribution in [3.05, 3.63) is 82.3 Å². The number of benzene rings is 3. The van der Waals surface area contributed by atoms with Gasteiger partial charge in [-0.2, -0.15) is 4.31 Å². The highest BCUT2D eigenvalue weighted by Crippen LogP contribution is 2.31. The van der Waals surface area contributed by atoms with Crippen LogP contribution >= 0.6 is 23.2 Å². The molecule has 3 aromatic carbocycles. The number of nitrogens with zero attached hydrogens (tertiary/aromatic N) is 1. The molecule has 7 nitrogen and oxygen atoms in total. The fourth-order valence-corrected chi connectivity index (χ4v) is 5.05. The molecule has 0 bridgehead atoms. The Bertz CT molecular complexity index is 1220. The van der Waals surface area contributed by atoms with Crippen molar-refractivity contribution in [3.63, 3.8) is 0 Å². The van der Waals surface area contributed by atoms with Gasteiger partial charge < -0.3 is 14.8 Å². The molecule has 0 atom stereocenters. The topological polar surface area (TPSA) is 84.9 Å². The number of carbonyl (C=O) groups excluding carboxylic acids is 1. The molecule has 0 unspecified atom stereocenters. The summed E-state index contributed by atoms with van der Waals surface area (Å²) in [6.45, 7) is -0.447. The Kier molecular flexibility index (Phi) is 8.20. The largest absolute Gasteiger partial charge is 0.493 e. The van der Waals surface area contributed by atoms with E-state index in [4.69, 9.17) is 32.7 Å². The van der Waals surface area contributed by atoms with Gasteiger partial charge in [0.05, 0.1) is 25.7 Å². The summed E-state index contributed by atoms with van der Waals surface area (Å²) >= 11 is 12.0. The molecule has 0 aromatic heterocycles. The van der Waals surface area contributed by atoms with Crippen molar-refractivity contribution in [2.45, 2.75) is 11.4 Å². The minimum absolute atomic E-state index is 0.0127. The molecule has 0 aliphatic rings. The van der Waals surface area contributed by atoms with Gasteiger partial charge in [0.25, 0.3) is 0 Å². The third kappa shape index (κ3) is 6.39. The highest BCUT2D eigenvalue weighted by molar-refractivity contribution is 7.89. The van der Waals surface area contributed by atoms with Gasteiger partial charge in [0.1, 0.15) is 0 Å². The van der Waals surface area contributed by atoms with Crippen molar-refractivity contribution in [3.8, 4) is 11.5 Å². The maximum atomic E-state index is 13.5. The number of anilines is 1. The lowest BCUT2D eigenvalue weighted by molar-refractivity contribution is -0.116. The van der Waals surface area contributed by atoms with E-state index in [1.54, 1.807) is 24.3 Å². The standard InChI is InChI=1S/C23H22Cl2N2O5S/c1-31-21-9-8-20(13-22(21)32-2)33(29,30)27(14-16-6-4-3-5-7-16)15-23(28)26-19-11-17(24)10-18(25)12-19/h3-13H,14-15H2,1-2H3,(H,26,28). The van der Waals surface area contributed by atoms with E-state index in [9.17, 15) is 13.2 Å². The van der Waals surface area contributed by atoms with Gasteiger partial charge in [-0.25, -0.2) is 8.42 Å². The fourth-order valence-electron chi connectivity index (χ4n) is 3.13. The second kappa shape index (κ2) is 10.9. The minimum atomic E-state index is -4.08. The Labute approximate surface area is 202 Å². The number of hydrogen-bond acceptors (Lipinski definition) is 5. The Morgan fingerprint density at radius 3 is 2.15 bits per heavy atom. The molecule has 174 valence electrons. The summed E-state index contributed by atoms with van der Waals surface area (Å²) in [6, 6.07) is 17.8. The van der Waals surface area contributed by atoms with Crippen LogP contribution in [0.3, 0.4) is 0 Å². The molecule has 0 aliphatic carbocycles. The molecule has 3 rings (SSSR count). The Balaban J connectivity index is 1.92. The number of ether oxygens (including phenoxy) is 2. The number of nitrogens with one attached hydrogen (secondary N) is 1. The quantitative estimate of drug-likeness (QED) is 0.446. The minimum Gasteiger partial charge on any atom is -0.493 e. The van der Waals surface area contributed by atoms with Gasteiger partial charge in [-0.1, -0.05) is 53.5 Å². The molecule has 1 N–H and O–H groups in total. The highest BCUT2D eigenvalue weighted by atomic mass is 35.5. The van der Waals surface area contributed by atoms with Crippen LogP contribution in [0.1, 0.15) is 5.56 Å². The number of hydrogen-bond donors (Lipinski definition) is 1. The molecule has 33 heavy (non-hydrogen) atoms. The van der Waals surface area contributed by atoms with Crippen LogP contribution in [0.4, 0.5) is 5.69 Å². The van der Waals surface area contributed by atoms with Crippen LogP contribution in [0, 0.1) is 0 Å². The van der Waals surface area contributed by atoms with Crippen LogP contribution in [0.15, 0.2) is 71.6 Å². The molecule has 0 fully saturated rings. The first-order valence-electron chi connectivity index (χ1n) is 9.75. The van der Waals surface area contributed by atoms with E-state index in [1.165, 1.54) is 50.6 Å². The van der Waals surface area contributed by atoms with E-state index in [2.05, 4.69) is 5.32 Å². The molecular weight excluding hydrogens is 487 g/mol. The molecule has 10 heteroatoms. The molecule has 1 amide bonds. The van der Waals surface area contributed by atoms with Gasteiger partial charge >= 0.3 is 0 Å². The lowest BCUT2D eigenvalue weighted by Gasteiger charge is -2.22. The Morgan fingerprint density at radius 1 is 0.909 bits per heavy atom. The van der Waals surface area contributed by atoms with Crippen molar-refractivity contribution in [2.75, 3.05) is 26.1 Å². The van der Waals surface area contributed by atoms with Crippen molar-refractivity contribution in [1.82, 2.24) is 4.31 Å². The van der Waals surface area contributed by atoms with Crippen LogP contribution in [0.2, 0.25) is 10.0 Å². The molecular formula is C23H22Cl2N2O5S. The van der Waals surface area contributed by atoms with Gasteiger partial charge in [-0.3, -0.25) is 4.79 Å². The number of rotatable bonds is 9. The molecule has 0 saturated heterocycles. The van der Waals surface area contributed by atoms with E-state index in [0.29, 0.717) is 21.5 Å². The molecule has 0 aliphatic heterocycles. The summed E-state index contributed by atoms with van der Waals surface area (Å²) in [5, 5.41) is 3.33. The predicted octanol–water partition coefficient (Wildman–Crippen LogP) is 4.84. The van der Waals surface area contributed by atoms with Crippen LogP contribution in [-0.2, 0) is 21.4 Å². The summed E-state index contributed by atoms with van der Waals surface area (Å²) < 4.78 is 38.5. The van der Waals surface area contributed by atoms with Crippen LogP contribution < -0.4 is 14.8 Å². The third-order valence-electron chi connectivity index (χ3n) is 4.66. The van der Waals surface area contributed by atoms with E-state index in [0.717, 1.165) is 9.87 Å². The predicted molar refractivity (Wildman–Crippen MR) is 129 cm³/mol. The van der Waals surface area contributed by atoms with Crippen molar-refractivity contribution < 1.29 is 22.7 Å². The molecule has 0 saturated carbocycles. The second-order valence-electron chi connectivity index (χ2n) is 6.98. The van der Waals surface area contributed by atoms with Gasteiger partial charge in [-0.15, -0.1) is 0 Å².